The molecule has 23 heavy (non-hydrogen) atoms. The predicted octanol–water partition coefficient (Wildman–Crippen LogP) is 2.73. The van der Waals surface area contributed by atoms with E-state index in [4.69, 9.17) is 0 Å². The number of benzene rings is 1. The number of carbonyl (C=O) groups excluding carboxylic acids is 1. The highest BCUT2D eigenvalue weighted by Gasteiger charge is 2.12. The zero-order valence-electron chi connectivity index (χ0n) is 13.8. The highest BCUT2D eigenvalue weighted by molar-refractivity contribution is 7.11. The minimum Gasteiger partial charge on any atom is -0.390 e. The summed E-state index contributed by atoms with van der Waals surface area (Å²) in [5, 5.41) is 22.5. The number of nitrogens with zero attached hydrogens (tertiary/aromatic N) is 2. The largest absolute Gasteiger partial charge is 0.390 e. The molecule has 1 aromatic carbocycles. The van der Waals surface area contributed by atoms with Crippen LogP contribution in [0.15, 0.2) is 24.3 Å². The fourth-order valence-electron chi connectivity index (χ4n) is 2.03. The zero-order chi connectivity index (χ0) is 16.9. The molecule has 124 valence electrons. The Morgan fingerprint density at radius 2 is 1.87 bits per heavy atom. The molecule has 0 bridgehead atoms. The molecule has 0 saturated heterocycles. The first kappa shape index (κ1) is 17.6. The Balaban J connectivity index is 1.87. The molecule has 5 nitrogen and oxygen atoms in total. The second kappa shape index (κ2) is 7.66. The van der Waals surface area contributed by atoms with Crippen molar-refractivity contribution < 1.29 is 9.90 Å². The van der Waals surface area contributed by atoms with Gasteiger partial charge in [-0.25, -0.2) is 0 Å². The lowest BCUT2D eigenvalue weighted by Gasteiger charge is -2.16. The molecule has 0 saturated carbocycles. The average molecular weight is 333 g/mol. The van der Waals surface area contributed by atoms with Crippen LogP contribution in [0.2, 0.25) is 0 Å². The van der Waals surface area contributed by atoms with Gasteiger partial charge in [-0.1, -0.05) is 30.4 Å². The second-order valence-electron chi connectivity index (χ2n) is 6.14. The lowest BCUT2D eigenvalue weighted by atomic mass is 9.98. The standard InChI is InChI=1S/C17H23N3O2S/c1-4-14-19-20-15(23-14)11-18-16(21)13-7-5-12(6-8-13)9-10-17(2,3)22/h5-8,22H,4,9-11H2,1-3H3,(H,18,21). The van der Waals surface area contributed by atoms with Crippen LogP contribution in [0.4, 0.5) is 0 Å². The summed E-state index contributed by atoms with van der Waals surface area (Å²) in [6.45, 7) is 6.03. The monoisotopic (exact) mass is 333 g/mol. The first-order chi connectivity index (χ1) is 10.9. The molecule has 6 heteroatoms. The van der Waals surface area contributed by atoms with Crippen molar-refractivity contribution in [1.29, 1.82) is 0 Å². The first-order valence-electron chi connectivity index (χ1n) is 7.78. The van der Waals surface area contributed by atoms with Gasteiger partial charge in [0, 0.05) is 5.56 Å². The van der Waals surface area contributed by atoms with Gasteiger partial charge in [0.15, 0.2) is 0 Å². The van der Waals surface area contributed by atoms with Gasteiger partial charge in [0.2, 0.25) is 0 Å². The minimum atomic E-state index is -0.671. The van der Waals surface area contributed by atoms with E-state index in [1.54, 1.807) is 13.8 Å². The van der Waals surface area contributed by atoms with Crippen LogP contribution >= 0.6 is 11.3 Å². The third kappa shape index (κ3) is 5.73. The van der Waals surface area contributed by atoms with Gasteiger partial charge in [0.05, 0.1) is 12.1 Å². The van der Waals surface area contributed by atoms with Gasteiger partial charge >= 0.3 is 0 Å². The van der Waals surface area contributed by atoms with E-state index in [2.05, 4.69) is 15.5 Å². The topological polar surface area (TPSA) is 75.1 Å². The number of aryl methyl sites for hydroxylation is 2. The third-order valence-corrected chi connectivity index (χ3v) is 4.52. The summed E-state index contributed by atoms with van der Waals surface area (Å²) in [6.07, 6.45) is 2.34. The molecule has 0 radical (unpaired) electrons. The first-order valence-corrected chi connectivity index (χ1v) is 8.60. The Labute approximate surface area is 140 Å². The Kier molecular flexibility index (Phi) is 5.85. The van der Waals surface area contributed by atoms with Crippen molar-refractivity contribution in [3.63, 3.8) is 0 Å². The van der Waals surface area contributed by atoms with Gasteiger partial charge in [-0.05, 0) is 50.8 Å². The van der Waals surface area contributed by atoms with Crippen molar-refractivity contribution >= 4 is 17.2 Å². The fourth-order valence-corrected chi connectivity index (χ4v) is 2.76. The summed E-state index contributed by atoms with van der Waals surface area (Å²) in [5.41, 5.74) is 1.06. The highest BCUT2D eigenvalue weighted by Crippen LogP contribution is 2.14. The number of hydrogen-bond donors (Lipinski definition) is 2. The summed E-state index contributed by atoms with van der Waals surface area (Å²) < 4.78 is 0. The summed E-state index contributed by atoms with van der Waals surface area (Å²) in [6, 6.07) is 7.49. The number of amides is 1. The summed E-state index contributed by atoms with van der Waals surface area (Å²) in [5.74, 6) is -0.118. The van der Waals surface area contributed by atoms with Crippen LogP contribution in [0.1, 0.15) is 53.1 Å². The smallest absolute Gasteiger partial charge is 0.251 e. The number of rotatable bonds is 7. The molecule has 0 unspecified atom stereocenters. The minimum absolute atomic E-state index is 0.118. The number of carbonyl (C=O) groups is 1. The van der Waals surface area contributed by atoms with Crippen LogP contribution in [0.5, 0.6) is 0 Å². The molecule has 1 heterocycles. The van der Waals surface area contributed by atoms with Gasteiger partial charge in [0.25, 0.3) is 5.91 Å². The molecule has 1 amide bonds. The van der Waals surface area contributed by atoms with Crippen LogP contribution in [0.25, 0.3) is 0 Å². The molecule has 0 aliphatic carbocycles. The fraction of sp³-hybridized carbons (Fsp3) is 0.471. The molecule has 0 atom stereocenters. The average Bonchev–Trinajstić information content (AvgIpc) is 2.98. The normalized spacial score (nSPS) is 11.5. The molecule has 0 fully saturated rings. The van der Waals surface area contributed by atoms with Gasteiger partial charge in [-0.15, -0.1) is 10.2 Å². The van der Waals surface area contributed by atoms with Crippen molar-refractivity contribution in [3.8, 4) is 0 Å². The Morgan fingerprint density at radius 1 is 1.22 bits per heavy atom. The van der Waals surface area contributed by atoms with Crippen LogP contribution < -0.4 is 5.32 Å². The Hall–Kier alpha value is -1.79. The number of hydrogen-bond acceptors (Lipinski definition) is 5. The van der Waals surface area contributed by atoms with Crippen molar-refractivity contribution in [2.75, 3.05) is 0 Å². The summed E-state index contributed by atoms with van der Waals surface area (Å²) in [7, 11) is 0. The van der Waals surface area contributed by atoms with E-state index in [0.29, 0.717) is 18.5 Å². The summed E-state index contributed by atoms with van der Waals surface area (Å²) >= 11 is 1.52. The van der Waals surface area contributed by atoms with Crippen LogP contribution in [-0.4, -0.2) is 26.8 Å². The maximum absolute atomic E-state index is 12.1. The van der Waals surface area contributed by atoms with Crippen LogP contribution in [0, 0.1) is 0 Å². The molecule has 2 aromatic rings. The zero-order valence-corrected chi connectivity index (χ0v) is 14.6. The van der Waals surface area contributed by atoms with Crippen LogP contribution in [-0.2, 0) is 19.4 Å². The molecule has 1 aromatic heterocycles. The van der Waals surface area contributed by atoms with E-state index in [1.807, 2.05) is 31.2 Å². The molecule has 2 rings (SSSR count). The Morgan fingerprint density at radius 3 is 2.43 bits per heavy atom. The van der Waals surface area contributed by atoms with Gasteiger partial charge in [-0.2, -0.15) is 0 Å². The van der Waals surface area contributed by atoms with Crippen molar-refractivity contribution in [1.82, 2.24) is 15.5 Å². The van der Waals surface area contributed by atoms with E-state index in [9.17, 15) is 9.90 Å². The maximum atomic E-state index is 12.1. The lowest BCUT2D eigenvalue weighted by Crippen LogP contribution is -2.22. The molecule has 2 N–H and O–H groups in total. The number of aromatic nitrogens is 2. The molecular weight excluding hydrogens is 310 g/mol. The lowest BCUT2D eigenvalue weighted by molar-refractivity contribution is 0.0713. The van der Waals surface area contributed by atoms with Gasteiger partial charge in [0.1, 0.15) is 10.0 Å². The van der Waals surface area contributed by atoms with Crippen molar-refractivity contribution in [3.05, 3.63) is 45.4 Å². The molecule has 0 aliphatic rings. The predicted molar refractivity (Wildman–Crippen MR) is 91.5 cm³/mol. The molecular formula is C17H23N3O2S. The van der Waals surface area contributed by atoms with Crippen molar-refractivity contribution in [2.24, 2.45) is 0 Å². The summed E-state index contributed by atoms with van der Waals surface area (Å²) in [4.78, 5) is 12.1. The quantitative estimate of drug-likeness (QED) is 0.817. The molecule has 0 spiro atoms. The SMILES string of the molecule is CCc1nnc(CNC(=O)c2ccc(CCC(C)(C)O)cc2)s1. The number of nitrogens with one attached hydrogen (secondary N) is 1. The van der Waals surface area contributed by atoms with E-state index in [1.165, 1.54) is 11.3 Å². The van der Waals surface area contributed by atoms with Gasteiger partial charge in [-0.3, -0.25) is 4.79 Å². The highest BCUT2D eigenvalue weighted by atomic mass is 32.1. The Bertz CT molecular complexity index is 645. The van der Waals surface area contributed by atoms with Crippen molar-refractivity contribution in [2.45, 2.75) is 52.2 Å². The van der Waals surface area contributed by atoms with E-state index >= 15 is 0 Å². The van der Waals surface area contributed by atoms with Crippen LogP contribution in [0.3, 0.4) is 0 Å². The number of aliphatic hydroxyl groups is 1. The second-order valence-corrected chi connectivity index (χ2v) is 7.28. The molecule has 0 aliphatic heterocycles. The van der Waals surface area contributed by atoms with Gasteiger partial charge < -0.3 is 10.4 Å². The van der Waals surface area contributed by atoms with E-state index in [-0.39, 0.29) is 5.91 Å². The third-order valence-electron chi connectivity index (χ3n) is 3.45. The maximum Gasteiger partial charge on any atom is 0.251 e. The van der Waals surface area contributed by atoms with E-state index in [0.717, 1.165) is 28.4 Å². The van der Waals surface area contributed by atoms with E-state index < -0.39 is 5.60 Å².